The van der Waals surface area contributed by atoms with Gasteiger partial charge in [0.1, 0.15) is 19.3 Å². The van der Waals surface area contributed by atoms with Crippen LogP contribution in [-0.4, -0.2) is 36.4 Å². The van der Waals surface area contributed by atoms with Gasteiger partial charge in [-0.1, -0.05) is 12.2 Å². The number of aliphatic hydroxyl groups is 1. The second-order valence-electron chi connectivity index (χ2n) is 2.91. The molecule has 0 aromatic carbocycles. The van der Waals surface area contributed by atoms with Crippen LogP contribution in [0.5, 0.6) is 0 Å². The molecule has 0 heterocycles. The predicted molar refractivity (Wildman–Crippen MR) is 57.6 cm³/mol. The van der Waals surface area contributed by atoms with Crippen molar-refractivity contribution in [2.45, 2.75) is 20.0 Å². The number of carbonyl (C=O) groups excluding carboxylic acids is 2. The van der Waals surface area contributed by atoms with Gasteiger partial charge in [0.15, 0.2) is 0 Å². The lowest BCUT2D eigenvalue weighted by atomic mass is 10.4. The van der Waals surface area contributed by atoms with Gasteiger partial charge in [-0.2, -0.15) is 0 Å². The van der Waals surface area contributed by atoms with Crippen LogP contribution in [0.15, 0.2) is 24.3 Å². The van der Waals surface area contributed by atoms with Crippen LogP contribution >= 0.6 is 0 Å². The van der Waals surface area contributed by atoms with E-state index >= 15 is 0 Å². The van der Waals surface area contributed by atoms with Crippen molar-refractivity contribution in [3.05, 3.63) is 24.3 Å². The van der Waals surface area contributed by atoms with Gasteiger partial charge in [0, 0.05) is 12.2 Å². The zero-order chi connectivity index (χ0) is 12.4. The first kappa shape index (κ1) is 14.4. The molecule has 16 heavy (non-hydrogen) atoms. The van der Waals surface area contributed by atoms with E-state index in [9.17, 15) is 14.7 Å². The molecule has 0 fully saturated rings. The number of hydrogen-bond donors (Lipinski definition) is 1. The first-order chi connectivity index (χ1) is 7.60. The fourth-order valence-corrected chi connectivity index (χ4v) is 0.773. The number of aliphatic hydroxyl groups excluding tert-OH is 1. The first-order valence-electron chi connectivity index (χ1n) is 4.87. The third-order valence-electron chi connectivity index (χ3n) is 1.44. The molecule has 0 aliphatic carbocycles. The molecule has 1 N–H and O–H groups in total. The quantitative estimate of drug-likeness (QED) is 0.532. The molecule has 5 heteroatoms. The highest BCUT2D eigenvalue weighted by Gasteiger charge is 2.09. The predicted octanol–water partition coefficient (Wildman–Crippen LogP) is 0.586. The second kappa shape index (κ2) is 8.67. The molecule has 0 amide bonds. The average molecular weight is 228 g/mol. The maximum Gasteiger partial charge on any atom is 0.330 e. The minimum absolute atomic E-state index is 0.202. The molecule has 0 unspecified atom stereocenters. The van der Waals surface area contributed by atoms with Gasteiger partial charge < -0.3 is 14.6 Å². The summed E-state index contributed by atoms with van der Waals surface area (Å²) in [5.41, 5.74) is 0. The van der Waals surface area contributed by atoms with Crippen molar-refractivity contribution in [1.29, 1.82) is 0 Å². The first-order valence-corrected chi connectivity index (χ1v) is 4.87. The van der Waals surface area contributed by atoms with Gasteiger partial charge in [-0.05, 0) is 13.8 Å². The van der Waals surface area contributed by atoms with Gasteiger partial charge in [-0.15, -0.1) is 0 Å². The maximum absolute atomic E-state index is 10.8. The Morgan fingerprint density at radius 1 is 1.06 bits per heavy atom. The Bertz CT molecular complexity index is 252. The number of esters is 2. The molecule has 0 aliphatic heterocycles. The second-order valence-corrected chi connectivity index (χ2v) is 2.91. The number of allylic oxidation sites excluding steroid dienone is 2. The molecule has 0 aromatic rings. The fraction of sp³-hybridized carbons (Fsp3) is 0.455. The Morgan fingerprint density at radius 2 is 1.44 bits per heavy atom. The highest BCUT2D eigenvalue weighted by atomic mass is 16.6. The van der Waals surface area contributed by atoms with Crippen molar-refractivity contribution in [3.63, 3.8) is 0 Å². The highest BCUT2D eigenvalue weighted by Crippen LogP contribution is 1.91. The van der Waals surface area contributed by atoms with Crippen LogP contribution in [0.4, 0.5) is 0 Å². The lowest BCUT2D eigenvalue weighted by molar-refractivity contribution is -0.146. The number of ether oxygens (including phenoxy) is 2. The van der Waals surface area contributed by atoms with Crippen LogP contribution in [0.25, 0.3) is 0 Å². The van der Waals surface area contributed by atoms with E-state index in [1.54, 1.807) is 13.8 Å². The van der Waals surface area contributed by atoms with E-state index in [0.29, 0.717) is 0 Å². The lowest BCUT2D eigenvalue weighted by Gasteiger charge is -2.09. The number of hydrogen-bond acceptors (Lipinski definition) is 5. The molecule has 5 nitrogen and oxygen atoms in total. The Labute approximate surface area is 94.4 Å². The summed E-state index contributed by atoms with van der Waals surface area (Å²) in [4.78, 5) is 21.7. The third-order valence-corrected chi connectivity index (χ3v) is 1.44. The van der Waals surface area contributed by atoms with E-state index < -0.39 is 18.0 Å². The number of carbonyl (C=O) groups is 2. The largest absolute Gasteiger partial charge is 0.460 e. The standard InChI is InChI=1S/C11H16O5/c1-3-5-10(13)15-7-9(12)8-16-11(14)6-4-2/h3-6,9,12H,7-8H2,1-2H3/b5-3-,6-4-. The van der Waals surface area contributed by atoms with Crippen LogP contribution in [0.1, 0.15) is 13.8 Å². The van der Waals surface area contributed by atoms with Crippen molar-refractivity contribution < 1.29 is 24.2 Å². The molecule has 0 aliphatic rings. The van der Waals surface area contributed by atoms with Crippen molar-refractivity contribution in [2.75, 3.05) is 13.2 Å². The average Bonchev–Trinajstić information content (AvgIpc) is 2.24. The molecule has 0 radical (unpaired) electrons. The summed E-state index contributed by atoms with van der Waals surface area (Å²) < 4.78 is 9.30. The molecule has 0 bridgehead atoms. The van der Waals surface area contributed by atoms with E-state index in [1.807, 2.05) is 0 Å². The smallest absolute Gasteiger partial charge is 0.330 e. The molecule has 90 valence electrons. The summed E-state index contributed by atoms with van der Waals surface area (Å²) in [6.45, 7) is 2.95. The van der Waals surface area contributed by atoms with Gasteiger partial charge in [0.2, 0.25) is 0 Å². The molecule has 0 saturated carbocycles. The maximum atomic E-state index is 10.8. The lowest BCUT2D eigenvalue weighted by Crippen LogP contribution is -2.24. The highest BCUT2D eigenvalue weighted by molar-refractivity contribution is 5.82. The van der Waals surface area contributed by atoms with Gasteiger partial charge in [-0.25, -0.2) is 9.59 Å². The zero-order valence-electron chi connectivity index (χ0n) is 9.38. The summed E-state index contributed by atoms with van der Waals surface area (Å²) in [6, 6.07) is 0. The van der Waals surface area contributed by atoms with Crippen LogP contribution < -0.4 is 0 Å². The van der Waals surface area contributed by atoms with Crippen LogP contribution in [0.3, 0.4) is 0 Å². The molecule has 0 spiro atoms. The topological polar surface area (TPSA) is 72.8 Å². The van der Waals surface area contributed by atoms with Gasteiger partial charge in [-0.3, -0.25) is 0 Å². The van der Waals surface area contributed by atoms with Gasteiger partial charge in [0.25, 0.3) is 0 Å². The molecular formula is C11H16O5. The Morgan fingerprint density at radius 3 is 1.75 bits per heavy atom. The van der Waals surface area contributed by atoms with Crippen molar-refractivity contribution >= 4 is 11.9 Å². The van der Waals surface area contributed by atoms with Crippen molar-refractivity contribution in [1.82, 2.24) is 0 Å². The van der Waals surface area contributed by atoms with Gasteiger partial charge >= 0.3 is 11.9 Å². The fourth-order valence-electron chi connectivity index (χ4n) is 0.773. The molecule has 0 saturated heterocycles. The molecule has 0 rings (SSSR count). The van der Waals surface area contributed by atoms with Crippen LogP contribution in [-0.2, 0) is 19.1 Å². The van der Waals surface area contributed by atoms with E-state index in [2.05, 4.69) is 9.47 Å². The molecule has 0 aromatic heterocycles. The Hall–Kier alpha value is -1.62. The summed E-state index contributed by atoms with van der Waals surface area (Å²) >= 11 is 0. The Kier molecular flexibility index (Phi) is 7.79. The Balaban J connectivity index is 3.70. The number of rotatable bonds is 6. The van der Waals surface area contributed by atoms with Crippen LogP contribution in [0.2, 0.25) is 0 Å². The van der Waals surface area contributed by atoms with E-state index in [-0.39, 0.29) is 13.2 Å². The van der Waals surface area contributed by atoms with Crippen molar-refractivity contribution in [2.24, 2.45) is 0 Å². The monoisotopic (exact) mass is 228 g/mol. The third kappa shape index (κ3) is 7.75. The van der Waals surface area contributed by atoms with E-state index in [1.165, 1.54) is 24.3 Å². The SMILES string of the molecule is C/C=C\C(=O)OCC(O)COC(=O)/C=C\C. The van der Waals surface area contributed by atoms with Gasteiger partial charge in [0.05, 0.1) is 0 Å². The van der Waals surface area contributed by atoms with E-state index in [4.69, 9.17) is 0 Å². The van der Waals surface area contributed by atoms with Crippen molar-refractivity contribution in [3.8, 4) is 0 Å². The zero-order valence-corrected chi connectivity index (χ0v) is 9.38. The molecule has 0 atom stereocenters. The summed E-state index contributed by atoms with van der Waals surface area (Å²) in [5, 5.41) is 9.28. The molecular weight excluding hydrogens is 212 g/mol. The summed E-state index contributed by atoms with van der Waals surface area (Å²) in [7, 11) is 0. The summed E-state index contributed by atoms with van der Waals surface area (Å²) in [5.74, 6) is -1.08. The summed E-state index contributed by atoms with van der Waals surface area (Å²) in [6.07, 6.45) is 4.52. The van der Waals surface area contributed by atoms with E-state index in [0.717, 1.165) is 0 Å². The minimum Gasteiger partial charge on any atom is -0.460 e. The minimum atomic E-state index is -1.01. The van der Waals surface area contributed by atoms with Crippen LogP contribution in [0, 0.1) is 0 Å². The normalized spacial score (nSPS) is 11.2.